The first-order valence-corrected chi connectivity index (χ1v) is 7.57. The summed E-state index contributed by atoms with van der Waals surface area (Å²) in [6.07, 6.45) is 4.54. The number of pyridine rings is 1. The van der Waals surface area contributed by atoms with Crippen LogP contribution in [-0.4, -0.2) is 23.0 Å². The molecule has 4 heteroatoms. The number of nitrogens with one attached hydrogen (secondary N) is 2. The highest BCUT2D eigenvalue weighted by Gasteiger charge is 2.39. The summed E-state index contributed by atoms with van der Waals surface area (Å²) < 4.78 is 0. The van der Waals surface area contributed by atoms with Gasteiger partial charge < -0.3 is 10.6 Å². The number of fused-ring (bicyclic) bond motifs is 1. The van der Waals surface area contributed by atoms with Crippen LogP contribution in [0.3, 0.4) is 0 Å². The molecule has 0 aliphatic carbocycles. The predicted molar refractivity (Wildman–Crippen MR) is 85.4 cm³/mol. The second-order valence-electron chi connectivity index (χ2n) is 5.75. The number of carbonyl (C=O) groups is 1. The van der Waals surface area contributed by atoms with Crippen LogP contribution >= 0.6 is 0 Å². The van der Waals surface area contributed by atoms with Crippen molar-refractivity contribution in [1.29, 1.82) is 0 Å². The number of benzene rings is 1. The topological polar surface area (TPSA) is 54.0 Å². The van der Waals surface area contributed by atoms with Crippen molar-refractivity contribution < 1.29 is 4.79 Å². The molecular weight excluding hydrogens is 262 g/mol. The average Bonchev–Trinajstić information content (AvgIpc) is 3.00. The zero-order valence-electron chi connectivity index (χ0n) is 12.6. The summed E-state index contributed by atoms with van der Waals surface area (Å²) >= 11 is 0. The Balaban J connectivity index is 1.95. The lowest BCUT2D eigenvalue weighted by Gasteiger charge is -2.27. The molecule has 110 valence electrons. The Morgan fingerprint density at radius 3 is 3.00 bits per heavy atom. The normalized spacial score (nSPS) is 21.6. The lowest BCUT2D eigenvalue weighted by Crippen LogP contribution is -2.50. The Bertz CT molecular complexity index is 675. The van der Waals surface area contributed by atoms with Crippen LogP contribution in [0.25, 0.3) is 10.9 Å². The minimum atomic E-state index is -0.417. The van der Waals surface area contributed by atoms with Crippen LogP contribution in [0.15, 0.2) is 30.5 Å². The average molecular weight is 283 g/mol. The van der Waals surface area contributed by atoms with Crippen LogP contribution in [0.2, 0.25) is 0 Å². The second-order valence-corrected chi connectivity index (χ2v) is 5.75. The minimum Gasteiger partial charge on any atom is -0.324 e. The molecule has 0 bridgehead atoms. The molecule has 3 rings (SSSR count). The standard InChI is InChI=1S/C17H21N3O/c1-3-17(9-5-11-19-17)16(21)20-14-8-7-12(2)15-13(14)6-4-10-18-15/h4,6-8,10,19H,3,5,9,11H2,1-2H3,(H,20,21). The van der Waals surface area contributed by atoms with Crippen LogP contribution in [0, 0.1) is 6.92 Å². The van der Waals surface area contributed by atoms with E-state index in [0.717, 1.165) is 48.0 Å². The maximum Gasteiger partial charge on any atom is 0.244 e. The van der Waals surface area contributed by atoms with E-state index in [1.54, 1.807) is 6.20 Å². The smallest absolute Gasteiger partial charge is 0.244 e. The zero-order chi connectivity index (χ0) is 14.9. The molecule has 0 radical (unpaired) electrons. The van der Waals surface area contributed by atoms with Gasteiger partial charge in [-0.2, -0.15) is 0 Å². The Kier molecular flexibility index (Phi) is 3.64. The van der Waals surface area contributed by atoms with E-state index in [2.05, 4.69) is 22.5 Å². The highest BCUT2D eigenvalue weighted by molar-refractivity contribution is 6.05. The largest absolute Gasteiger partial charge is 0.324 e. The fourth-order valence-electron chi connectivity index (χ4n) is 3.13. The minimum absolute atomic E-state index is 0.0662. The fourth-order valence-corrected chi connectivity index (χ4v) is 3.13. The number of nitrogens with zero attached hydrogens (tertiary/aromatic N) is 1. The summed E-state index contributed by atoms with van der Waals surface area (Å²) in [4.78, 5) is 17.1. The van der Waals surface area contributed by atoms with Crippen molar-refractivity contribution in [3.63, 3.8) is 0 Å². The van der Waals surface area contributed by atoms with Gasteiger partial charge in [0.25, 0.3) is 0 Å². The van der Waals surface area contributed by atoms with Crippen LogP contribution in [-0.2, 0) is 4.79 Å². The van der Waals surface area contributed by atoms with Gasteiger partial charge in [-0.25, -0.2) is 0 Å². The Labute approximate surface area is 125 Å². The summed E-state index contributed by atoms with van der Waals surface area (Å²) in [7, 11) is 0. The number of aryl methyl sites for hydroxylation is 1. The van der Waals surface area contributed by atoms with E-state index in [0.29, 0.717) is 0 Å². The molecule has 0 spiro atoms. The van der Waals surface area contributed by atoms with Crippen molar-refractivity contribution in [3.05, 3.63) is 36.0 Å². The van der Waals surface area contributed by atoms with Gasteiger partial charge in [0, 0.05) is 11.6 Å². The summed E-state index contributed by atoms with van der Waals surface area (Å²) in [5, 5.41) is 7.47. The van der Waals surface area contributed by atoms with Gasteiger partial charge in [0.05, 0.1) is 16.7 Å². The molecule has 1 amide bonds. The first-order chi connectivity index (χ1) is 10.2. The molecule has 0 saturated carbocycles. The predicted octanol–water partition coefficient (Wildman–Crippen LogP) is 3.01. The van der Waals surface area contributed by atoms with Gasteiger partial charge in [0.15, 0.2) is 0 Å². The van der Waals surface area contributed by atoms with Gasteiger partial charge in [0.1, 0.15) is 0 Å². The molecule has 2 aromatic rings. The number of hydrogen-bond donors (Lipinski definition) is 2. The van der Waals surface area contributed by atoms with Gasteiger partial charge in [-0.15, -0.1) is 0 Å². The van der Waals surface area contributed by atoms with Crippen molar-refractivity contribution in [2.75, 3.05) is 11.9 Å². The van der Waals surface area contributed by atoms with E-state index in [-0.39, 0.29) is 5.91 Å². The van der Waals surface area contributed by atoms with Crippen molar-refractivity contribution in [2.45, 2.75) is 38.6 Å². The lowest BCUT2D eigenvalue weighted by atomic mass is 9.93. The quantitative estimate of drug-likeness (QED) is 0.910. The van der Waals surface area contributed by atoms with Gasteiger partial charge in [-0.3, -0.25) is 9.78 Å². The Morgan fingerprint density at radius 2 is 2.29 bits per heavy atom. The highest BCUT2D eigenvalue weighted by Crippen LogP contribution is 2.28. The Morgan fingerprint density at radius 1 is 1.43 bits per heavy atom. The molecule has 1 fully saturated rings. The maximum atomic E-state index is 12.7. The molecule has 21 heavy (non-hydrogen) atoms. The van der Waals surface area contributed by atoms with Crippen LogP contribution in [0.5, 0.6) is 0 Å². The molecule has 1 unspecified atom stereocenters. The van der Waals surface area contributed by atoms with Crippen molar-refractivity contribution >= 4 is 22.5 Å². The van der Waals surface area contributed by atoms with Crippen molar-refractivity contribution in [1.82, 2.24) is 10.3 Å². The summed E-state index contributed by atoms with van der Waals surface area (Å²) in [6, 6.07) is 7.88. The van der Waals surface area contributed by atoms with E-state index >= 15 is 0 Å². The van der Waals surface area contributed by atoms with Crippen LogP contribution in [0.1, 0.15) is 31.7 Å². The first-order valence-electron chi connectivity index (χ1n) is 7.57. The van der Waals surface area contributed by atoms with Crippen LogP contribution in [0.4, 0.5) is 5.69 Å². The lowest BCUT2D eigenvalue weighted by molar-refractivity contribution is -0.122. The molecule has 4 nitrogen and oxygen atoms in total. The third-order valence-electron chi connectivity index (χ3n) is 4.50. The second kappa shape index (κ2) is 5.45. The van der Waals surface area contributed by atoms with Crippen molar-refractivity contribution in [3.8, 4) is 0 Å². The SMILES string of the molecule is CCC1(C(=O)Nc2ccc(C)c3ncccc23)CCCN1. The van der Waals surface area contributed by atoms with E-state index in [1.165, 1.54) is 0 Å². The number of amides is 1. The van der Waals surface area contributed by atoms with Gasteiger partial charge in [0.2, 0.25) is 5.91 Å². The number of aromatic nitrogens is 1. The van der Waals surface area contributed by atoms with E-state index in [9.17, 15) is 4.79 Å². The van der Waals surface area contributed by atoms with E-state index in [1.807, 2.05) is 31.2 Å². The molecule has 1 aromatic carbocycles. The third-order valence-corrected chi connectivity index (χ3v) is 4.50. The summed E-state index contributed by atoms with van der Waals surface area (Å²) in [5.41, 5.74) is 2.49. The molecule has 1 atom stereocenters. The molecule has 1 aliphatic heterocycles. The third kappa shape index (κ3) is 2.40. The monoisotopic (exact) mass is 283 g/mol. The van der Waals surface area contributed by atoms with Gasteiger partial charge in [-0.1, -0.05) is 13.0 Å². The van der Waals surface area contributed by atoms with Gasteiger partial charge >= 0.3 is 0 Å². The van der Waals surface area contributed by atoms with Crippen LogP contribution < -0.4 is 10.6 Å². The molecule has 1 aliphatic rings. The first kappa shape index (κ1) is 14.0. The zero-order valence-corrected chi connectivity index (χ0v) is 12.6. The molecule has 2 heterocycles. The van der Waals surface area contributed by atoms with Gasteiger partial charge in [-0.05, 0) is 56.5 Å². The number of carbonyl (C=O) groups excluding carboxylic acids is 1. The molecule has 1 saturated heterocycles. The van der Waals surface area contributed by atoms with E-state index < -0.39 is 5.54 Å². The maximum absolute atomic E-state index is 12.7. The summed E-state index contributed by atoms with van der Waals surface area (Å²) in [6.45, 7) is 5.01. The Hall–Kier alpha value is -1.94. The molecular formula is C17H21N3O. The van der Waals surface area contributed by atoms with Crippen molar-refractivity contribution in [2.24, 2.45) is 0 Å². The molecule has 2 N–H and O–H groups in total. The fraction of sp³-hybridized carbons (Fsp3) is 0.412. The van der Waals surface area contributed by atoms with E-state index in [4.69, 9.17) is 0 Å². The number of hydrogen-bond acceptors (Lipinski definition) is 3. The number of rotatable bonds is 3. The highest BCUT2D eigenvalue weighted by atomic mass is 16.2. The number of anilines is 1. The summed E-state index contributed by atoms with van der Waals surface area (Å²) in [5.74, 6) is 0.0662. The molecule has 1 aromatic heterocycles.